The van der Waals surface area contributed by atoms with Crippen molar-refractivity contribution in [3.8, 4) is 0 Å². The molecule has 19 heavy (non-hydrogen) atoms. The molecular formula is C12H24N4O2S. The van der Waals surface area contributed by atoms with E-state index in [1.54, 1.807) is 10.9 Å². The van der Waals surface area contributed by atoms with E-state index in [2.05, 4.69) is 15.1 Å². The Morgan fingerprint density at radius 3 is 2.84 bits per heavy atom. The van der Waals surface area contributed by atoms with Crippen LogP contribution in [0.4, 0.5) is 0 Å². The Hall–Kier alpha value is -0.920. The maximum absolute atomic E-state index is 12.1. The molecule has 0 aromatic carbocycles. The van der Waals surface area contributed by atoms with Gasteiger partial charge in [0.1, 0.15) is 4.90 Å². The number of hydrogen-bond acceptors (Lipinski definition) is 4. The van der Waals surface area contributed by atoms with Gasteiger partial charge in [-0.05, 0) is 33.4 Å². The lowest BCUT2D eigenvalue weighted by molar-refractivity contribution is 0.542. The van der Waals surface area contributed by atoms with Crippen molar-refractivity contribution in [1.29, 1.82) is 0 Å². The Kier molecular flexibility index (Phi) is 6.47. The minimum absolute atomic E-state index is 0.0531. The molecule has 110 valence electrons. The molecule has 1 rings (SSSR count). The summed E-state index contributed by atoms with van der Waals surface area (Å²) in [5.74, 6) is 0. The van der Waals surface area contributed by atoms with Gasteiger partial charge >= 0.3 is 0 Å². The number of aromatic nitrogens is 2. The highest BCUT2D eigenvalue weighted by Crippen LogP contribution is 2.09. The van der Waals surface area contributed by atoms with E-state index < -0.39 is 10.0 Å². The van der Waals surface area contributed by atoms with E-state index in [0.29, 0.717) is 6.54 Å². The van der Waals surface area contributed by atoms with Crippen molar-refractivity contribution in [1.82, 2.24) is 19.8 Å². The van der Waals surface area contributed by atoms with Gasteiger partial charge in [0.15, 0.2) is 0 Å². The number of nitrogens with one attached hydrogen (secondary N) is 2. The molecule has 1 heterocycles. The number of sulfonamides is 1. The fraction of sp³-hybridized carbons (Fsp3) is 0.750. The topological polar surface area (TPSA) is 76.0 Å². The van der Waals surface area contributed by atoms with Crippen LogP contribution in [0.1, 0.15) is 33.1 Å². The molecule has 1 unspecified atom stereocenters. The Labute approximate surface area is 115 Å². The van der Waals surface area contributed by atoms with Gasteiger partial charge in [-0.15, -0.1) is 0 Å². The molecule has 0 amide bonds. The molecule has 1 atom stereocenters. The lowest BCUT2D eigenvalue weighted by Gasteiger charge is -2.11. The lowest BCUT2D eigenvalue weighted by atomic mass is 10.2. The van der Waals surface area contributed by atoms with Crippen molar-refractivity contribution in [2.24, 2.45) is 0 Å². The summed E-state index contributed by atoms with van der Waals surface area (Å²) in [6, 6.07) is -0.0531. The third kappa shape index (κ3) is 5.30. The van der Waals surface area contributed by atoms with Crippen molar-refractivity contribution in [3.05, 3.63) is 12.4 Å². The van der Waals surface area contributed by atoms with Crippen LogP contribution in [-0.4, -0.2) is 37.8 Å². The van der Waals surface area contributed by atoms with Crippen LogP contribution in [-0.2, 0) is 16.6 Å². The second kappa shape index (κ2) is 7.62. The smallest absolute Gasteiger partial charge is 0.243 e. The van der Waals surface area contributed by atoms with E-state index in [9.17, 15) is 8.42 Å². The van der Waals surface area contributed by atoms with Crippen molar-refractivity contribution < 1.29 is 8.42 Å². The average molecular weight is 288 g/mol. The fourth-order valence-electron chi connectivity index (χ4n) is 1.85. The summed E-state index contributed by atoms with van der Waals surface area (Å²) >= 11 is 0. The van der Waals surface area contributed by atoms with E-state index in [-0.39, 0.29) is 10.9 Å². The van der Waals surface area contributed by atoms with Gasteiger partial charge in [0.25, 0.3) is 0 Å². The number of aryl methyl sites for hydroxylation is 1. The minimum atomic E-state index is -3.44. The standard InChI is InChI=1S/C12H24N4O2S/c1-4-6-11(2)15-19(17,18)12-9-14-16(10-12)8-5-7-13-3/h9-11,13,15H,4-8H2,1-3H3. The summed E-state index contributed by atoms with van der Waals surface area (Å²) in [4.78, 5) is 0.236. The number of nitrogens with zero attached hydrogens (tertiary/aromatic N) is 2. The quantitative estimate of drug-likeness (QED) is 0.664. The molecule has 0 saturated heterocycles. The Balaban J connectivity index is 2.63. The predicted octanol–water partition coefficient (Wildman–Crippen LogP) is 0.960. The summed E-state index contributed by atoms with van der Waals surface area (Å²) in [5.41, 5.74) is 0. The van der Waals surface area contributed by atoms with Gasteiger partial charge in [0, 0.05) is 18.8 Å². The van der Waals surface area contributed by atoms with Crippen molar-refractivity contribution in [3.63, 3.8) is 0 Å². The molecule has 2 N–H and O–H groups in total. The monoisotopic (exact) mass is 288 g/mol. The van der Waals surface area contributed by atoms with Crippen LogP contribution in [0.3, 0.4) is 0 Å². The van der Waals surface area contributed by atoms with Crippen LogP contribution in [0.25, 0.3) is 0 Å². The number of rotatable bonds is 9. The molecule has 6 nitrogen and oxygen atoms in total. The molecule has 0 saturated carbocycles. The second-order valence-corrected chi connectivity index (χ2v) is 6.42. The highest BCUT2D eigenvalue weighted by molar-refractivity contribution is 7.89. The molecule has 0 spiro atoms. The molecule has 0 aliphatic rings. The third-order valence-electron chi connectivity index (χ3n) is 2.81. The molecular weight excluding hydrogens is 264 g/mol. The first-order valence-electron chi connectivity index (χ1n) is 6.69. The third-order valence-corrected chi connectivity index (χ3v) is 4.36. The maximum atomic E-state index is 12.1. The zero-order valence-electron chi connectivity index (χ0n) is 11.9. The zero-order valence-corrected chi connectivity index (χ0v) is 12.7. The molecule has 0 fully saturated rings. The Bertz CT molecular complexity index is 470. The number of hydrogen-bond donors (Lipinski definition) is 2. The van der Waals surface area contributed by atoms with Gasteiger partial charge in [-0.1, -0.05) is 13.3 Å². The van der Waals surface area contributed by atoms with E-state index in [1.165, 1.54) is 6.20 Å². The molecule has 0 aliphatic heterocycles. The van der Waals surface area contributed by atoms with E-state index in [4.69, 9.17) is 0 Å². The van der Waals surface area contributed by atoms with Gasteiger partial charge in [-0.2, -0.15) is 5.10 Å². The zero-order chi connectivity index (χ0) is 14.3. The lowest BCUT2D eigenvalue weighted by Crippen LogP contribution is -2.32. The van der Waals surface area contributed by atoms with Crippen LogP contribution in [0.2, 0.25) is 0 Å². The molecule has 7 heteroatoms. The van der Waals surface area contributed by atoms with Crippen molar-refractivity contribution >= 4 is 10.0 Å². The predicted molar refractivity (Wildman–Crippen MR) is 75.5 cm³/mol. The highest BCUT2D eigenvalue weighted by Gasteiger charge is 2.18. The normalized spacial score (nSPS) is 13.6. The fourth-order valence-corrected chi connectivity index (χ4v) is 3.08. The molecule has 0 radical (unpaired) electrons. The van der Waals surface area contributed by atoms with Crippen molar-refractivity contribution in [2.75, 3.05) is 13.6 Å². The summed E-state index contributed by atoms with van der Waals surface area (Å²) in [6.45, 7) is 5.50. The molecule has 1 aromatic rings. The van der Waals surface area contributed by atoms with E-state index in [1.807, 2.05) is 20.9 Å². The van der Waals surface area contributed by atoms with E-state index in [0.717, 1.165) is 25.8 Å². The first-order chi connectivity index (χ1) is 8.99. The summed E-state index contributed by atoms with van der Waals surface area (Å²) in [5, 5.41) is 7.12. The van der Waals surface area contributed by atoms with Crippen LogP contribution in [0, 0.1) is 0 Å². The average Bonchev–Trinajstić information content (AvgIpc) is 2.78. The van der Waals surface area contributed by atoms with Crippen LogP contribution >= 0.6 is 0 Å². The van der Waals surface area contributed by atoms with Gasteiger partial charge in [0.2, 0.25) is 10.0 Å². The molecule has 0 aliphatic carbocycles. The van der Waals surface area contributed by atoms with Gasteiger partial charge < -0.3 is 5.32 Å². The summed E-state index contributed by atoms with van der Waals surface area (Å²) in [7, 11) is -1.55. The second-order valence-electron chi connectivity index (χ2n) is 4.71. The van der Waals surface area contributed by atoms with Gasteiger partial charge in [-0.25, -0.2) is 13.1 Å². The molecule has 1 aromatic heterocycles. The Morgan fingerprint density at radius 1 is 1.47 bits per heavy atom. The van der Waals surface area contributed by atoms with Crippen LogP contribution in [0.15, 0.2) is 17.3 Å². The SMILES string of the molecule is CCCC(C)NS(=O)(=O)c1cnn(CCCNC)c1. The molecule has 0 bridgehead atoms. The van der Waals surface area contributed by atoms with E-state index >= 15 is 0 Å². The van der Waals surface area contributed by atoms with Crippen molar-refractivity contribution in [2.45, 2.75) is 50.6 Å². The first kappa shape index (κ1) is 16.1. The van der Waals surface area contributed by atoms with Crippen LogP contribution in [0.5, 0.6) is 0 Å². The first-order valence-corrected chi connectivity index (χ1v) is 8.17. The minimum Gasteiger partial charge on any atom is -0.320 e. The van der Waals surface area contributed by atoms with Gasteiger partial charge in [0.05, 0.1) is 6.20 Å². The van der Waals surface area contributed by atoms with Gasteiger partial charge in [-0.3, -0.25) is 4.68 Å². The largest absolute Gasteiger partial charge is 0.320 e. The van der Waals surface area contributed by atoms with Crippen LogP contribution < -0.4 is 10.0 Å². The summed E-state index contributed by atoms with van der Waals surface area (Å²) < 4.78 is 28.5. The Morgan fingerprint density at radius 2 is 2.21 bits per heavy atom. The highest BCUT2D eigenvalue weighted by atomic mass is 32.2. The summed E-state index contributed by atoms with van der Waals surface area (Å²) in [6.07, 6.45) is 5.68. The maximum Gasteiger partial charge on any atom is 0.243 e.